The first-order valence-electron chi connectivity index (χ1n) is 6.37. The number of hydrogen-bond donors (Lipinski definition) is 2. The molecular weight excluding hydrogens is 297 g/mol. The fraction of sp³-hybridized carbons (Fsp3) is 0.214. The maximum Gasteiger partial charge on any atom is 0.155 e. The molecule has 0 saturated heterocycles. The number of benzene rings is 1. The second-order valence-electron chi connectivity index (χ2n) is 4.88. The van der Waals surface area contributed by atoms with E-state index in [2.05, 4.69) is 4.98 Å². The summed E-state index contributed by atoms with van der Waals surface area (Å²) in [6.07, 6.45) is 2.08. The Kier molecular flexibility index (Phi) is 3.67. The van der Waals surface area contributed by atoms with Gasteiger partial charge in [0.2, 0.25) is 0 Å². The van der Waals surface area contributed by atoms with Gasteiger partial charge in [0.15, 0.2) is 5.82 Å². The quantitative estimate of drug-likeness (QED) is 0.892. The van der Waals surface area contributed by atoms with E-state index in [1.165, 1.54) is 24.4 Å². The third-order valence-electron chi connectivity index (χ3n) is 3.18. The Labute approximate surface area is 125 Å². The number of rotatable bonds is 2. The molecule has 3 N–H and O–H groups in total. The van der Waals surface area contributed by atoms with Gasteiger partial charge in [-0.3, -0.25) is 5.21 Å². The van der Waals surface area contributed by atoms with Crippen molar-refractivity contribution >= 4 is 17.4 Å². The second-order valence-corrected chi connectivity index (χ2v) is 5.29. The Morgan fingerprint density at radius 1 is 1.38 bits per heavy atom. The molecule has 5 nitrogen and oxygen atoms in total. The summed E-state index contributed by atoms with van der Waals surface area (Å²) in [5, 5.41) is 10.8. The Bertz CT molecular complexity index is 683. The van der Waals surface area contributed by atoms with Crippen molar-refractivity contribution < 1.29 is 14.3 Å². The van der Waals surface area contributed by atoms with Gasteiger partial charge in [-0.25, -0.2) is 14.4 Å². The zero-order valence-electron chi connectivity index (χ0n) is 11.0. The molecule has 0 radical (unpaired) electrons. The van der Waals surface area contributed by atoms with Crippen LogP contribution in [0.2, 0.25) is 5.02 Å². The average Bonchev–Trinajstić information content (AvgIpc) is 2.42. The molecule has 2 aromatic rings. The lowest BCUT2D eigenvalue weighted by Crippen LogP contribution is -2.42. The first-order chi connectivity index (χ1) is 10.0. The van der Waals surface area contributed by atoms with Crippen LogP contribution in [-0.4, -0.2) is 22.8 Å². The van der Waals surface area contributed by atoms with Gasteiger partial charge in [0.25, 0.3) is 0 Å². The molecule has 7 heteroatoms. The summed E-state index contributed by atoms with van der Waals surface area (Å²) in [6, 6.07) is 5.68. The van der Waals surface area contributed by atoms with Crippen LogP contribution in [-0.2, 0) is 6.42 Å². The van der Waals surface area contributed by atoms with Crippen molar-refractivity contribution in [1.29, 1.82) is 0 Å². The summed E-state index contributed by atoms with van der Waals surface area (Å²) < 4.78 is 18.7. The molecule has 0 unspecified atom stereocenters. The lowest BCUT2D eigenvalue weighted by atomic mass is 10.0. The van der Waals surface area contributed by atoms with E-state index < -0.39 is 5.82 Å². The molecule has 2 heterocycles. The molecule has 0 fully saturated rings. The number of fused-ring (bicyclic) bond motifs is 1. The minimum absolute atomic E-state index is 0.0121. The van der Waals surface area contributed by atoms with E-state index in [0.29, 0.717) is 30.3 Å². The number of nitrogens with zero attached hydrogens (tertiary/aromatic N) is 2. The number of pyridine rings is 1. The van der Waals surface area contributed by atoms with Crippen LogP contribution in [0.25, 0.3) is 0 Å². The molecule has 0 bridgehead atoms. The zero-order chi connectivity index (χ0) is 15.0. The highest BCUT2D eigenvalue weighted by atomic mass is 35.5. The van der Waals surface area contributed by atoms with Crippen molar-refractivity contribution in [2.45, 2.75) is 12.5 Å². The molecule has 1 aliphatic heterocycles. The predicted octanol–water partition coefficient (Wildman–Crippen LogP) is 2.75. The van der Waals surface area contributed by atoms with E-state index in [4.69, 9.17) is 22.1 Å². The van der Waals surface area contributed by atoms with Gasteiger partial charge in [0.1, 0.15) is 17.3 Å². The largest absolute Gasteiger partial charge is 0.456 e. The number of aromatic nitrogens is 1. The molecule has 1 atom stereocenters. The molecule has 21 heavy (non-hydrogen) atoms. The molecule has 110 valence electrons. The summed E-state index contributed by atoms with van der Waals surface area (Å²) >= 11 is 5.71. The molecule has 0 spiro atoms. The highest BCUT2D eigenvalue weighted by Crippen LogP contribution is 2.30. The van der Waals surface area contributed by atoms with Gasteiger partial charge in [-0.15, -0.1) is 0 Å². The highest BCUT2D eigenvalue weighted by molar-refractivity contribution is 6.30. The van der Waals surface area contributed by atoms with E-state index in [9.17, 15) is 9.60 Å². The van der Waals surface area contributed by atoms with E-state index in [0.717, 1.165) is 10.6 Å². The van der Waals surface area contributed by atoms with Crippen molar-refractivity contribution in [2.24, 2.45) is 5.73 Å². The van der Waals surface area contributed by atoms with Gasteiger partial charge >= 0.3 is 0 Å². The third kappa shape index (κ3) is 2.92. The monoisotopic (exact) mass is 309 g/mol. The molecule has 3 rings (SSSR count). The molecule has 0 saturated carbocycles. The predicted molar refractivity (Wildman–Crippen MR) is 76.5 cm³/mol. The van der Waals surface area contributed by atoms with Gasteiger partial charge < -0.3 is 10.5 Å². The number of ether oxygens (including phenoxy) is 1. The van der Waals surface area contributed by atoms with Crippen molar-refractivity contribution in [3.8, 4) is 11.5 Å². The number of nitrogens with two attached hydrogens (primary N) is 1. The van der Waals surface area contributed by atoms with Crippen molar-refractivity contribution in [3.63, 3.8) is 0 Å². The average molecular weight is 310 g/mol. The van der Waals surface area contributed by atoms with Crippen LogP contribution in [0, 0.1) is 5.82 Å². The van der Waals surface area contributed by atoms with Crippen molar-refractivity contribution in [2.75, 3.05) is 11.6 Å². The molecule has 1 aliphatic rings. The zero-order valence-corrected chi connectivity index (χ0v) is 11.7. The Hall–Kier alpha value is -1.89. The van der Waals surface area contributed by atoms with Gasteiger partial charge in [0, 0.05) is 17.7 Å². The molecule has 0 amide bonds. The number of hydrogen-bond acceptors (Lipinski definition) is 5. The minimum atomic E-state index is -0.505. The van der Waals surface area contributed by atoms with E-state index in [1.54, 1.807) is 6.07 Å². The van der Waals surface area contributed by atoms with Gasteiger partial charge in [0.05, 0.1) is 17.8 Å². The summed E-state index contributed by atoms with van der Waals surface area (Å²) in [6.45, 7) is 0.341. The first-order valence-corrected chi connectivity index (χ1v) is 6.74. The fourth-order valence-corrected chi connectivity index (χ4v) is 2.42. The fourth-order valence-electron chi connectivity index (χ4n) is 2.25. The number of anilines is 1. The van der Waals surface area contributed by atoms with Gasteiger partial charge in [-0.2, -0.15) is 0 Å². The lowest BCUT2D eigenvalue weighted by Gasteiger charge is -2.28. The van der Waals surface area contributed by atoms with Crippen LogP contribution >= 0.6 is 11.6 Å². The van der Waals surface area contributed by atoms with Crippen molar-refractivity contribution in [1.82, 2.24) is 4.98 Å². The molecule has 1 aromatic carbocycles. The summed E-state index contributed by atoms with van der Waals surface area (Å²) in [5.74, 6) is 0.846. The van der Waals surface area contributed by atoms with E-state index in [1.807, 2.05) is 0 Å². The summed E-state index contributed by atoms with van der Waals surface area (Å²) in [7, 11) is 0. The van der Waals surface area contributed by atoms with Crippen LogP contribution in [0.4, 0.5) is 10.2 Å². The van der Waals surface area contributed by atoms with E-state index in [-0.39, 0.29) is 11.1 Å². The van der Waals surface area contributed by atoms with Crippen LogP contribution in [0.5, 0.6) is 11.5 Å². The molecule has 0 aliphatic carbocycles. The van der Waals surface area contributed by atoms with Crippen LogP contribution in [0.1, 0.15) is 5.56 Å². The Balaban J connectivity index is 1.86. The number of hydroxylamine groups is 1. The van der Waals surface area contributed by atoms with Crippen LogP contribution in [0.15, 0.2) is 30.5 Å². The maximum absolute atomic E-state index is 13.1. The summed E-state index contributed by atoms with van der Waals surface area (Å²) in [4.78, 5) is 4.16. The first kappa shape index (κ1) is 14.1. The number of halogens is 2. The van der Waals surface area contributed by atoms with Gasteiger partial charge in [-0.05, 0) is 24.6 Å². The maximum atomic E-state index is 13.1. The van der Waals surface area contributed by atoms with Crippen molar-refractivity contribution in [3.05, 3.63) is 46.9 Å². The smallest absolute Gasteiger partial charge is 0.155 e. The van der Waals surface area contributed by atoms with E-state index >= 15 is 0 Å². The highest BCUT2D eigenvalue weighted by Gasteiger charge is 2.22. The topological polar surface area (TPSA) is 71.6 Å². The lowest BCUT2D eigenvalue weighted by molar-refractivity contribution is 0.234. The SMILES string of the molecule is N[C@H]1Cc2cc(Oc3ccc(F)c(Cl)c3)cnc2N(O)C1. The normalized spacial score (nSPS) is 17.5. The van der Waals surface area contributed by atoms with Crippen LogP contribution < -0.4 is 15.5 Å². The van der Waals surface area contributed by atoms with Crippen LogP contribution in [0.3, 0.4) is 0 Å². The summed E-state index contributed by atoms with van der Waals surface area (Å²) in [5.41, 5.74) is 6.64. The third-order valence-corrected chi connectivity index (χ3v) is 3.47. The Morgan fingerprint density at radius 3 is 2.95 bits per heavy atom. The second kappa shape index (κ2) is 5.48. The van der Waals surface area contributed by atoms with Gasteiger partial charge in [-0.1, -0.05) is 11.6 Å². The Morgan fingerprint density at radius 2 is 2.19 bits per heavy atom. The molecular formula is C14H13ClFN3O2. The molecule has 1 aromatic heterocycles. The minimum Gasteiger partial charge on any atom is -0.456 e. The standard InChI is InChI=1S/C14H13ClFN3O2/c15-12-5-10(1-2-13(12)16)21-11-4-8-3-9(17)7-19(20)14(8)18-6-11/h1-2,4-6,9,20H,3,7,17H2/t9-/m0/s1.